The van der Waals surface area contributed by atoms with Crippen molar-refractivity contribution in [1.82, 2.24) is 10.4 Å². The topological polar surface area (TPSA) is 105 Å². The van der Waals surface area contributed by atoms with E-state index in [4.69, 9.17) is 4.74 Å². The Hall–Kier alpha value is -3.68. The molecule has 0 bridgehead atoms. The van der Waals surface area contributed by atoms with Crippen LogP contribution in [0.1, 0.15) is 22.3 Å². The van der Waals surface area contributed by atoms with Gasteiger partial charge in [0.25, 0.3) is 11.8 Å². The second kappa shape index (κ2) is 9.01. The summed E-state index contributed by atoms with van der Waals surface area (Å²) in [5.74, 6) is -2.70. The quantitative estimate of drug-likeness (QED) is 0.724. The van der Waals surface area contributed by atoms with Crippen LogP contribution >= 0.6 is 0 Å². The molecule has 1 aliphatic heterocycles. The predicted octanol–water partition coefficient (Wildman–Crippen LogP) is 1.67. The molecule has 8 nitrogen and oxygen atoms in total. The maximum absolute atomic E-state index is 12.2. The lowest BCUT2D eigenvalue weighted by Gasteiger charge is -2.17. The van der Waals surface area contributed by atoms with E-state index in [9.17, 15) is 19.2 Å². The molecule has 1 aliphatic rings. The van der Waals surface area contributed by atoms with Crippen LogP contribution in [0.4, 0.5) is 5.69 Å². The van der Waals surface area contributed by atoms with Gasteiger partial charge in [0.1, 0.15) is 0 Å². The first kappa shape index (κ1) is 20.1. The summed E-state index contributed by atoms with van der Waals surface area (Å²) in [5.41, 5.74) is 4.52. The molecule has 2 aromatic rings. The van der Waals surface area contributed by atoms with Crippen molar-refractivity contribution < 1.29 is 23.9 Å². The number of amides is 3. The Labute approximate surface area is 167 Å². The first-order chi connectivity index (χ1) is 13.9. The highest BCUT2D eigenvalue weighted by atomic mass is 16.5. The molecule has 0 saturated carbocycles. The third kappa shape index (κ3) is 5.41. The molecule has 8 heteroatoms. The summed E-state index contributed by atoms with van der Waals surface area (Å²) in [7, 11) is 0. The molecule has 0 unspecified atom stereocenters. The van der Waals surface area contributed by atoms with Gasteiger partial charge in [-0.15, -0.1) is 0 Å². The van der Waals surface area contributed by atoms with Gasteiger partial charge in [0.05, 0.1) is 12.5 Å². The Bertz CT molecular complexity index is 912. The molecule has 0 spiro atoms. The van der Waals surface area contributed by atoms with Crippen LogP contribution in [0.5, 0.6) is 0 Å². The number of anilines is 1. The third-order valence-electron chi connectivity index (χ3n) is 4.41. The van der Waals surface area contributed by atoms with Crippen molar-refractivity contribution in [2.75, 3.05) is 18.5 Å². The van der Waals surface area contributed by atoms with Crippen LogP contribution in [0.3, 0.4) is 0 Å². The first-order valence-electron chi connectivity index (χ1n) is 9.12. The Morgan fingerprint density at radius 3 is 2.45 bits per heavy atom. The zero-order valence-corrected chi connectivity index (χ0v) is 15.9. The lowest BCUT2D eigenvalue weighted by molar-refractivity contribution is -0.151. The number of aryl methyl sites for hydroxylation is 1. The fourth-order valence-electron chi connectivity index (χ4n) is 2.84. The Morgan fingerprint density at radius 1 is 1.07 bits per heavy atom. The number of nitrogens with one attached hydrogen (secondary N) is 2. The van der Waals surface area contributed by atoms with Crippen LogP contribution in [-0.2, 0) is 19.1 Å². The summed E-state index contributed by atoms with van der Waals surface area (Å²) in [6.45, 7) is 1.45. The number of carbonyl (C=O) groups is 4. The van der Waals surface area contributed by atoms with Crippen LogP contribution in [0.15, 0.2) is 54.6 Å². The molecule has 0 radical (unpaired) electrons. The number of para-hydroxylation sites is 1. The first-order valence-corrected chi connectivity index (χ1v) is 9.12. The van der Waals surface area contributed by atoms with E-state index in [0.29, 0.717) is 11.3 Å². The molecule has 3 amide bonds. The van der Waals surface area contributed by atoms with Gasteiger partial charge in [-0.05, 0) is 31.2 Å². The van der Waals surface area contributed by atoms with E-state index in [1.54, 1.807) is 48.5 Å². The smallest absolute Gasteiger partial charge is 0.311 e. The fraction of sp³-hybridized carbons (Fsp3) is 0.238. The van der Waals surface area contributed by atoms with E-state index >= 15 is 0 Å². The standard InChI is InChI=1S/C21H21N3O5/c1-14-7-9-15(10-8-14)20(27)23-24-12-16(11-19(24)26)21(28)29-13-18(25)22-17-5-3-2-4-6-17/h2-10,16H,11-13H2,1H3,(H,22,25)(H,23,27)/t16-/m1/s1. The lowest BCUT2D eigenvalue weighted by Crippen LogP contribution is -2.43. The van der Waals surface area contributed by atoms with Gasteiger partial charge in [-0.1, -0.05) is 35.9 Å². The van der Waals surface area contributed by atoms with Gasteiger partial charge in [0.2, 0.25) is 5.91 Å². The molecule has 2 aromatic carbocycles. The van der Waals surface area contributed by atoms with Crippen molar-refractivity contribution in [2.24, 2.45) is 5.92 Å². The second-order valence-corrected chi connectivity index (χ2v) is 6.73. The summed E-state index contributed by atoms with van der Waals surface area (Å²) in [6.07, 6.45) is -0.0900. The molecular formula is C21H21N3O5. The van der Waals surface area contributed by atoms with Crippen molar-refractivity contribution in [3.05, 3.63) is 65.7 Å². The number of hydrogen-bond donors (Lipinski definition) is 2. The average Bonchev–Trinajstić information content (AvgIpc) is 3.08. The maximum atomic E-state index is 12.2. The second-order valence-electron chi connectivity index (χ2n) is 6.73. The molecule has 1 fully saturated rings. The Balaban J connectivity index is 1.47. The summed E-state index contributed by atoms with van der Waals surface area (Å²) in [5, 5.41) is 3.71. The number of benzene rings is 2. The minimum Gasteiger partial charge on any atom is -0.455 e. The molecule has 150 valence electrons. The number of carbonyl (C=O) groups excluding carboxylic acids is 4. The van der Waals surface area contributed by atoms with Crippen molar-refractivity contribution in [3.63, 3.8) is 0 Å². The minimum absolute atomic E-state index is 0.00439. The molecule has 29 heavy (non-hydrogen) atoms. The van der Waals surface area contributed by atoms with Gasteiger partial charge in [-0.25, -0.2) is 0 Å². The van der Waals surface area contributed by atoms with Crippen LogP contribution in [0.2, 0.25) is 0 Å². The highest BCUT2D eigenvalue weighted by Gasteiger charge is 2.36. The number of esters is 1. The van der Waals surface area contributed by atoms with E-state index in [0.717, 1.165) is 10.6 Å². The summed E-state index contributed by atoms with van der Waals surface area (Å²) in [6, 6.07) is 15.7. The van der Waals surface area contributed by atoms with Crippen LogP contribution in [0, 0.1) is 12.8 Å². The zero-order chi connectivity index (χ0) is 20.8. The lowest BCUT2D eigenvalue weighted by atomic mass is 10.1. The predicted molar refractivity (Wildman–Crippen MR) is 104 cm³/mol. The molecular weight excluding hydrogens is 374 g/mol. The average molecular weight is 395 g/mol. The van der Waals surface area contributed by atoms with Crippen molar-refractivity contribution in [2.45, 2.75) is 13.3 Å². The highest BCUT2D eigenvalue weighted by molar-refractivity contribution is 5.97. The number of hydrazine groups is 1. The Kier molecular flexibility index (Phi) is 6.23. The van der Waals surface area contributed by atoms with Gasteiger partial charge in [0, 0.05) is 17.7 Å². The van der Waals surface area contributed by atoms with E-state index < -0.39 is 30.3 Å². The molecule has 2 N–H and O–H groups in total. The highest BCUT2D eigenvalue weighted by Crippen LogP contribution is 2.18. The van der Waals surface area contributed by atoms with Crippen molar-refractivity contribution in [1.29, 1.82) is 0 Å². The number of hydrogen-bond acceptors (Lipinski definition) is 5. The summed E-state index contributed by atoms with van der Waals surface area (Å²) in [4.78, 5) is 48.4. The largest absolute Gasteiger partial charge is 0.455 e. The maximum Gasteiger partial charge on any atom is 0.311 e. The minimum atomic E-state index is -0.745. The fourth-order valence-corrected chi connectivity index (χ4v) is 2.84. The number of nitrogens with zero attached hydrogens (tertiary/aromatic N) is 1. The molecule has 0 aromatic heterocycles. The van der Waals surface area contributed by atoms with Crippen LogP contribution < -0.4 is 10.7 Å². The number of rotatable bonds is 6. The third-order valence-corrected chi connectivity index (χ3v) is 4.41. The van der Waals surface area contributed by atoms with Gasteiger partial charge in [0.15, 0.2) is 6.61 Å². The zero-order valence-electron chi connectivity index (χ0n) is 15.9. The molecule has 0 aliphatic carbocycles. The van der Waals surface area contributed by atoms with E-state index in [-0.39, 0.29) is 18.9 Å². The molecule has 1 saturated heterocycles. The van der Waals surface area contributed by atoms with Gasteiger partial charge in [-0.3, -0.25) is 29.6 Å². The SMILES string of the molecule is Cc1ccc(C(=O)NN2C[C@H](C(=O)OCC(=O)Nc3ccccc3)CC2=O)cc1. The van der Waals surface area contributed by atoms with E-state index in [2.05, 4.69) is 10.7 Å². The monoisotopic (exact) mass is 395 g/mol. The molecule has 1 heterocycles. The normalized spacial score (nSPS) is 15.7. The van der Waals surface area contributed by atoms with E-state index in [1.165, 1.54) is 0 Å². The molecule has 1 atom stereocenters. The van der Waals surface area contributed by atoms with Crippen molar-refractivity contribution in [3.8, 4) is 0 Å². The van der Waals surface area contributed by atoms with Gasteiger partial charge < -0.3 is 10.1 Å². The van der Waals surface area contributed by atoms with Gasteiger partial charge >= 0.3 is 5.97 Å². The molecule has 3 rings (SSSR count). The Morgan fingerprint density at radius 2 is 1.76 bits per heavy atom. The van der Waals surface area contributed by atoms with E-state index in [1.807, 2.05) is 13.0 Å². The summed E-state index contributed by atoms with van der Waals surface area (Å²) >= 11 is 0. The summed E-state index contributed by atoms with van der Waals surface area (Å²) < 4.78 is 5.02. The van der Waals surface area contributed by atoms with Crippen LogP contribution in [0.25, 0.3) is 0 Å². The number of ether oxygens (including phenoxy) is 1. The van der Waals surface area contributed by atoms with Crippen molar-refractivity contribution >= 4 is 29.4 Å². The van der Waals surface area contributed by atoms with Gasteiger partial charge in [-0.2, -0.15) is 0 Å². The van der Waals surface area contributed by atoms with Crippen LogP contribution in [-0.4, -0.2) is 41.9 Å².